The minimum atomic E-state index is -3.90. The molecule has 0 unspecified atom stereocenters. The predicted octanol–water partition coefficient (Wildman–Crippen LogP) is 3.76. The number of halogens is 1. The Balaban J connectivity index is 1.36. The van der Waals surface area contributed by atoms with Crippen molar-refractivity contribution < 1.29 is 27.1 Å². The molecule has 33 heavy (non-hydrogen) atoms. The third kappa shape index (κ3) is 5.20. The lowest BCUT2D eigenvalue weighted by molar-refractivity contribution is -0.121. The van der Waals surface area contributed by atoms with Crippen LogP contribution in [0.1, 0.15) is 22.3 Å². The summed E-state index contributed by atoms with van der Waals surface area (Å²) >= 11 is 0. The van der Waals surface area contributed by atoms with Gasteiger partial charge >= 0.3 is 5.97 Å². The van der Waals surface area contributed by atoms with E-state index in [0.29, 0.717) is 6.54 Å². The van der Waals surface area contributed by atoms with E-state index in [1.807, 2.05) is 24.3 Å². The molecular weight excluding hydrogens is 447 g/mol. The van der Waals surface area contributed by atoms with Gasteiger partial charge in [-0.25, -0.2) is 17.6 Å². The molecular formula is C24H21FN2O5S. The highest BCUT2D eigenvalue weighted by Gasteiger charge is 2.23. The van der Waals surface area contributed by atoms with Gasteiger partial charge < -0.3 is 9.64 Å². The van der Waals surface area contributed by atoms with Crippen molar-refractivity contribution in [1.29, 1.82) is 0 Å². The number of hydrogen-bond donors (Lipinski definition) is 1. The Kier molecular flexibility index (Phi) is 6.41. The molecule has 0 spiro atoms. The van der Waals surface area contributed by atoms with Crippen LogP contribution in [0.4, 0.5) is 15.8 Å². The van der Waals surface area contributed by atoms with Crippen LogP contribution in [0.5, 0.6) is 0 Å². The first-order chi connectivity index (χ1) is 15.8. The lowest BCUT2D eigenvalue weighted by Crippen LogP contribution is -2.38. The molecule has 7 nitrogen and oxygen atoms in total. The number of aryl methyl sites for hydroxylation is 1. The van der Waals surface area contributed by atoms with Gasteiger partial charge in [-0.05, 0) is 73.0 Å². The highest BCUT2D eigenvalue weighted by atomic mass is 32.2. The van der Waals surface area contributed by atoms with Gasteiger partial charge in [0.05, 0.1) is 10.5 Å². The van der Waals surface area contributed by atoms with Crippen LogP contribution in [-0.4, -0.2) is 33.4 Å². The van der Waals surface area contributed by atoms with Gasteiger partial charge in [-0.3, -0.25) is 9.52 Å². The average molecular weight is 469 g/mol. The molecule has 0 saturated heterocycles. The number of rotatable bonds is 6. The Hall–Kier alpha value is -3.72. The van der Waals surface area contributed by atoms with Crippen LogP contribution in [0.2, 0.25) is 0 Å². The molecule has 1 aliphatic rings. The van der Waals surface area contributed by atoms with E-state index >= 15 is 0 Å². The fourth-order valence-corrected chi connectivity index (χ4v) is 4.64. The Morgan fingerprint density at radius 2 is 1.67 bits per heavy atom. The van der Waals surface area contributed by atoms with E-state index in [1.54, 1.807) is 4.90 Å². The number of nitrogens with zero attached hydrogens (tertiary/aromatic N) is 1. The van der Waals surface area contributed by atoms with Crippen LogP contribution in [-0.2, 0) is 26.0 Å². The summed E-state index contributed by atoms with van der Waals surface area (Å²) in [6.07, 6.45) is 1.74. The summed E-state index contributed by atoms with van der Waals surface area (Å²) in [6, 6.07) is 17.7. The van der Waals surface area contributed by atoms with Crippen molar-refractivity contribution in [3.05, 3.63) is 89.7 Å². The fraction of sp³-hybridized carbons (Fsp3) is 0.167. The van der Waals surface area contributed by atoms with Gasteiger partial charge in [0.25, 0.3) is 15.9 Å². The van der Waals surface area contributed by atoms with Gasteiger partial charge in [-0.15, -0.1) is 0 Å². The number of nitrogens with one attached hydrogen (secondary N) is 1. The van der Waals surface area contributed by atoms with E-state index in [2.05, 4.69) is 4.72 Å². The van der Waals surface area contributed by atoms with Gasteiger partial charge in [0, 0.05) is 17.9 Å². The van der Waals surface area contributed by atoms with Crippen molar-refractivity contribution >= 4 is 33.3 Å². The van der Waals surface area contributed by atoms with Gasteiger partial charge in [-0.1, -0.05) is 18.2 Å². The minimum Gasteiger partial charge on any atom is -0.452 e. The third-order valence-corrected chi connectivity index (χ3v) is 6.63. The minimum absolute atomic E-state index is 0.0924. The number of anilines is 2. The Bertz CT molecular complexity index is 1270. The fourth-order valence-electron chi connectivity index (χ4n) is 3.58. The Morgan fingerprint density at radius 1 is 0.970 bits per heavy atom. The molecule has 3 aromatic carbocycles. The molecule has 0 fully saturated rings. The number of fused-ring (bicyclic) bond motifs is 1. The van der Waals surface area contributed by atoms with Crippen LogP contribution in [0.25, 0.3) is 0 Å². The first kappa shape index (κ1) is 22.5. The normalized spacial score (nSPS) is 13.2. The molecule has 4 rings (SSSR count). The van der Waals surface area contributed by atoms with Gasteiger partial charge in [0.15, 0.2) is 6.61 Å². The quantitative estimate of drug-likeness (QED) is 0.556. The first-order valence-corrected chi connectivity index (χ1v) is 11.8. The Labute approximate surface area is 190 Å². The number of carbonyl (C=O) groups excluding carboxylic acids is 2. The molecule has 3 aromatic rings. The number of hydrogen-bond acceptors (Lipinski definition) is 5. The summed E-state index contributed by atoms with van der Waals surface area (Å²) in [5.74, 6) is -1.54. The zero-order valence-electron chi connectivity index (χ0n) is 17.5. The number of para-hydroxylation sites is 1. The second kappa shape index (κ2) is 9.41. The molecule has 0 aromatic heterocycles. The number of carbonyl (C=O) groups is 2. The van der Waals surface area contributed by atoms with E-state index in [4.69, 9.17) is 4.74 Å². The molecule has 0 atom stereocenters. The van der Waals surface area contributed by atoms with E-state index < -0.39 is 28.4 Å². The summed E-state index contributed by atoms with van der Waals surface area (Å²) < 4.78 is 45.3. The SMILES string of the molecule is O=C(OCC(=O)N1CCCc2ccccc21)c1ccc(NS(=O)(=O)c2ccc(F)cc2)cc1. The maximum atomic E-state index is 13.0. The lowest BCUT2D eigenvalue weighted by atomic mass is 10.0. The molecule has 9 heteroatoms. The van der Waals surface area contributed by atoms with Crippen molar-refractivity contribution in [3.63, 3.8) is 0 Å². The lowest BCUT2D eigenvalue weighted by Gasteiger charge is -2.29. The number of ether oxygens (including phenoxy) is 1. The maximum Gasteiger partial charge on any atom is 0.338 e. The predicted molar refractivity (Wildman–Crippen MR) is 121 cm³/mol. The number of esters is 1. The van der Waals surface area contributed by atoms with Crippen molar-refractivity contribution in [2.45, 2.75) is 17.7 Å². The summed E-state index contributed by atoms with van der Waals surface area (Å²) in [7, 11) is -3.90. The first-order valence-electron chi connectivity index (χ1n) is 10.3. The molecule has 0 radical (unpaired) electrons. The second-order valence-electron chi connectivity index (χ2n) is 7.49. The molecule has 0 aliphatic carbocycles. The highest BCUT2D eigenvalue weighted by Crippen LogP contribution is 2.26. The molecule has 0 bridgehead atoms. The van der Waals surface area contributed by atoms with Crippen LogP contribution in [0, 0.1) is 5.82 Å². The van der Waals surface area contributed by atoms with Gasteiger partial charge in [-0.2, -0.15) is 0 Å². The van der Waals surface area contributed by atoms with Crippen LogP contribution < -0.4 is 9.62 Å². The second-order valence-corrected chi connectivity index (χ2v) is 9.17. The van der Waals surface area contributed by atoms with Crippen molar-refractivity contribution in [2.24, 2.45) is 0 Å². The van der Waals surface area contributed by atoms with Crippen molar-refractivity contribution in [2.75, 3.05) is 22.8 Å². The smallest absolute Gasteiger partial charge is 0.338 e. The molecule has 1 amide bonds. The van der Waals surface area contributed by atoms with Crippen molar-refractivity contribution in [1.82, 2.24) is 0 Å². The van der Waals surface area contributed by atoms with Crippen LogP contribution in [0.15, 0.2) is 77.7 Å². The van der Waals surface area contributed by atoms with Crippen molar-refractivity contribution in [3.8, 4) is 0 Å². The largest absolute Gasteiger partial charge is 0.452 e. The molecule has 0 saturated carbocycles. The topological polar surface area (TPSA) is 92.8 Å². The summed E-state index contributed by atoms with van der Waals surface area (Å²) in [6.45, 7) is 0.169. The van der Waals surface area contributed by atoms with E-state index in [1.165, 1.54) is 24.3 Å². The molecule has 1 heterocycles. The van der Waals surface area contributed by atoms with E-state index in [9.17, 15) is 22.4 Å². The summed E-state index contributed by atoms with van der Waals surface area (Å²) in [5.41, 5.74) is 2.31. The van der Waals surface area contributed by atoms with Crippen LogP contribution >= 0.6 is 0 Å². The van der Waals surface area contributed by atoms with Gasteiger partial charge in [0.2, 0.25) is 0 Å². The molecule has 1 N–H and O–H groups in total. The summed E-state index contributed by atoms with van der Waals surface area (Å²) in [5, 5.41) is 0. The highest BCUT2D eigenvalue weighted by molar-refractivity contribution is 7.92. The average Bonchev–Trinajstić information content (AvgIpc) is 2.82. The maximum absolute atomic E-state index is 13.0. The van der Waals surface area contributed by atoms with E-state index in [-0.39, 0.29) is 22.1 Å². The van der Waals surface area contributed by atoms with Gasteiger partial charge in [0.1, 0.15) is 5.82 Å². The monoisotopic (exact) mass is 468 g/mol. The Morgan fingerprint density at radius 3 is 2.39 bits per heavy atom. The summed E-state index contributed by atoms with van der Waals surface area (Å²) in [4.78, 5) is 26.5. The zero-order valence-corrected chi connectivity index (χ0v) is 18.3. The molecule has 170 valence electrons. The van der Waals surface area contributed by atoms with E-state index in [0.717, 1.165) is 48.4 Å². The third-order valence-electron chi connectivity index (χ3n) is 5.23. The number of benzene rings is 3. The zero-order chi connectivity index (χ0) is 23.4. The number of sulfonamides is 1. The van der Waals surface area contributed by atoms with Crippen LogP contribution in [0.3, 0.4) is 0 Å². The molecule has 1 aliphatic heterocycles. The number of amides is 1. The standard InChI is InChI=1S/C24H21FN2O5S/c25-19-9-13-21(14-10-19)33(30,31)26-20-11-7-18(8-12-20)24(29)32-16-23(28)27-15-3-5-17-4-1-2-6-22(17)27/h1-2,4,6-14,26H,3,5,15-16H2.